The van der Waals surface area contributed by atoms with Crippen LogP contribution < -0.4 is 10.1 Å². The summed E-state index contributed by atoms with van der Waals surface area (Å²) in [5, 5.41) is 20.3. The van der Waals surface area contributed by atoms with Crippen LogP contribution in [0, 0.1) is 32.1 Å². The number of aryl methyl sites for hydroxylation is 3. The van der Waals surface area contributed by atoms with Gasteiger partial charge in [0.1, 0.15) is 22.7 Å². The highest BCUT2D eigenvalue weighted by molar-refractivity contribution is 7.99. The Kier molecular flexibility index (Phi) is 5.94. The molecule has 0 bridgehead atoms. The highest BCUT2D eigenvalue weighted by atomic mass is 32.2. The van der Waals surface area contributed by atoms with Crippen LogP contribution >= 0.6 is 11.8 Å². The molecule has 0 saturated carbocycles. The Hall–Kier alpha value is -3.05. The summed E-state index contributed by atoms with van der Waals surface area (Å²) in [6.07, 6.45) is 1.71. The Morgan fingerprint density at radius 3 is 2.74 bits per heavy atom. The molecule has 3 rings (SSSR count). The number of aromatic amines is 1. The molecule has 0 amide bonds. The van der Waals surface area contributed by atoms with Crippen molar-refractivity contribution < 1.29 is 4.74 Å². The Bertz CT molecular complexity index is 961. The lowest BCUT2D eigenvalue weighted by Gasteiger charge is -2.10. The first kappa shape index (κ1) is 18.7. The third kappa shape index (κ3) is 4.99. The topological polar surface area (TPSA) is 99.5 Å². The summed E-state index contributed by atoms with van der Waals surface area (Å²) in [6, 6.07) is 9.79. The number of hydrogen-bond donors (Lipinski definition) is 2. The standard InChI is InChI=1S/C19H20N6OS/c1-12-8-17(22-18-9-14(3)24-25-18)23-19(16(12)10-20)27-7-6-26-15-5-4-13(2)21-11-15/h4-5,8-9,11H,6-7H2,1-3H3,(H2,22,23,24,25). The van der Waals surface area contributed by atoms with Crippen molar-refractivity contribution in [2.24, 2.45) is 0 Å². The van der Waals surface area contributed by atoms with E-state index in [0.717, 1.165) is 22.7 Å². The van der Waals surface area contributed by atoms with Gasteiger partial charge in [-0.2, -0.15) is 10.4 Å². The van der Waals surface area contributed by atoms with Crippen molar-refractivity contribution in [3.05, 3.63) is 53.0 Å². The molecule has 0 aliphatic carbocycles. The second kappa shape index (κ2) is 8.56. The molecule has 0 atom stereocenters. The number of nitrogens with one attached hydrogen (secondary N) is 2. The van der Waals surface area contributed by atoms with Gasteiger partial charge in [-0.1, -0.05) is 0 Å². The van der Waals surface area contributed by atoms with Crippen molar-refractivity contribution in [3.63, 3.8) is 0 Å². The van der Waals surface area contributed by atoms with Gasteiger partial charge in [0.05, 0.1) is 18.4 Å². The fourth-order valence-corrected chi connectivity index (χ4v) is 3.27. The Morgan fingerprint density at radius 2 is 2.07 bits per heavy atom. The van der Waals surface area contributed by atoms with Crippen LogP contribution in [0.3, 0.4) is 0 Å². The Labute approximate surface area is 162 Å². The van der Waals surface area contributed by atoms with Crippen molar-refractivity contribution in [3.8, 4) is 11.8 Å². The maximum Gasteiger partial charge on any atom is 0.153 e. The number of hydrogen-bond acceptors (Lipinski definition) is 7. The number of anilines is 2. The van der Waals surface area contributed by atoms with Crippen molar-refractivity contribution >= 4 is 23.4 Å². The summed E-state index contributed by atoms with van der Waals surface area (Å²) < 4.78 is 5.69. The van der Waals surface area contributed by atoms with E-state index in [1.54, 1.807) is 6.20 Å². The van der Waals surface area contributed by atoms with Gasteiger partial charge in [-0.15, -0.1) is 11.8 Å². The number of H-pyrrole nitrogens is 1. The summed E-state index contributed by atoms with van der Waals surface area (Å²) in [7, 11) is 0. The molecule has 3 heterocycles. The van der Waals surface area contributed by atoms with Gasteiger partial charge in [0.2, 0.25) is 0 Å². The quantitative estimate of drug-likeness (QED) is 0.473. The normalized spacial score (nSPS) is 10.4. The number of rotatable bonds is 7. The predicted molar refractivity (Wildman–Crippen MR) is 105 cm³/mol. The van der Waals surface area contributed by atoms with Crippen LogP contribution in [0.1, 0.15) is 22.5 Å². The third-order valence-electron chi connectivity index (χ3n) is 3.73. The summed E-state index contributed by atoms with van der Waals surface area (Å²) in [5.41, 5.74) is 3.36. The summed E-state index contributed by atoms with van der Waals surface area (Å²) in [6.45, 7) is 6.26. The molecule has 3 aromatic rings. The van der Waals surface area contributed by atoms with Crippen LogP contribution in [-0.4, -0.2) is 32.5 Å². The van der Waals surface area contributed by atoms with Crippen LogP contribution in [0.2, 0.25) is 0 Å². The maximum absolute atomic E-state index is 9.46. The van der Waals surface area contributed by atoms with Gasteiger partial charge in [-0.05, 0) is 44.5 Å². The molecule has 3 aromatic heterocycles. The van der Waals surface area contributed by atoms with E-state index in [-0.39, 0.29) is 0 Å². The van der Waals surface area contributed by atoms with Gasteiger partial charge in [0.15, 0.2) is 5.82 Å². The molecular weight excluding hydrogens is 360 g/mol. The predicted octanol–water partition coefficient (Wildman–Crippen LogP) is 3.91. The number of nitrogens with zero attached hydrogens (tertiary/aromatic N) is 4. The summed E-state index contributed by atoms with van der Waals surface area (Å²) in [4.78, 5) is 8.78. The number of thioether (sulfide) groups is 1. The number of pyridine rings is 2. The molecule has 0 spiro atoms. The van der Waals surface area contributed by atoms with Gasteiger partial charge in [0, 0.05) is 23.2 Å². The van der Waals surface area contributed by atoms with E-state index in [1.807, 2.05) is 45.0 Å². The fourth-order valence-electron chi connectivity index (χ4n) is 2.40. The number of nitriles is 1. The molecular formula is C19H20N6OS. The highest BCUT2D eigenvalue weighted by Gasteiger charge is 2.11. The van der Waals surface area contributed by atoms with Crippen LogP contribution in [0.5, 0.6) is 5.75 Å². The van der Waals surface area contributed by atoms with Gasteiger partial charge >= 0.3 is 0 Å². The minimum Gasteiger partial charge on any atom is -0.491 e. The zero-order chi connectivity index (χ0) is 19.2. The Morgan fingerprint density at radius 1 is 1.22 bits per heavy atom. The molecule has 8 heteroatoms. The molecule has 0 unspecified atom stereocenters. The van der Waals surface area contributed by atoms with E-state index < -0.39 is 0 Å². The van der Waals surface area contributed by atoms with Crippen molar-refractivity contribution in [2.45, 2.75) is 25.8 Å². The summed E-state index contributed by atoms with van der Waals surface area (Å²) in [5.74, 6) is 2.74. The lowest BCUT2D eigenvalue weighted by atomic mass is 10.2. The van der Waals surface area contributed by atoms with Crippen molar-refractivity contribution in [1.82, 2.24) is 20.2 Å². The SMILES string of the molecule is Cc1ccc(OCCSc2nc(Nc3cc(C)[nH]n3)cc(C)c2C#N)cn1. The molecule has 0 radical (unpaired) electrons. The number of aromatic nitrogens is 4. The van der Waals surface area contributed by atoms with Crippen molar-refractivity contribution in [1.29, 1.82) is 5.26 Å². The maximum atomic E-state index is 9.46. The van der Waals surface area contributed by atoms with E-state index in [4.69, 9.17) is 4.74 Å². The molecule has 138 valence electrons. The molecule has 0 fully saturated rings. The second-order valence-corrected chi connectivity index (χ2v) is 7.09. The van der Waals surface area contributed by atoms with Crippen molar-refractivity contribution in [2.75, 3.05) is 17.7 Å². The third-order valence-corrected chi connectivity index (χ3v) is 4.67. The average Bonchev–Trinajstić information content (AvgIpc) is 3.05. The first-order chi connectivity index (χ1) is 13.0. The first-order valence-corrected chi connectivity index (χ1v) is 9.43. The van der Waals surface area contributed by atoms with Gasteiger partial charge in [0.25, 0.3) is 0 Å². The molecule has 0 aliphatic heterocycles. The highest BCUT2D eigenvalue weighted by Crippen LogP contribution is 2.26. The minimum absolute atomic E-state index is 0.497. The summed E-state index contributed by atoms with van der Waals surface area (Å²) >= 11 is 1.49. The van der Waals surface area contributed by atoms with Crippen LogP contribution in [0.25, 0.3) is 0 Å². The molecule has 0 saturated heterocycles. The van der Waals surface area contributed by atoms with Gasteiger partial charge in [-0.3, -0.25) is 10.1 Å². The Balaban J connectivity index is 1.65. The van der Waals surface area contributed by atoms with E-state index in [1.165, 1.54) is 11.8 Å². The molecule has 0 aromatic carbocycles. The largest absolute Gasteiger partial charge is 0.491 e. The van der Waals surface area contributed by atoms with E-state index in [0.29, 0.717) is 34.6 Å². The van der Waals surface area contributed by atoms with Crippen LogP contribution in [-0.2, 0) is 0 Å². The monoisotopic (exact) mass is 380 g/mol. The lowest BCUT2D eigenvalue weighted by Crippen LogP contribution is -2.03. The average molecular weight is 380 g/mol. The molecule has 7 nitrogen and oxygen atoms in total. The smallest absolute Gasteiger partial charge is 0.153 e. The number of ether oxygens (including phenoxy) is 1. The molecule has 0 aliphatic rings. The first-order valence-electron chi connectivity index (χ1n) is 8.44. The zero-order valence-corrected chi connectivity index (χ0v) is 16.2. The van der Waals surface area contributed by atoms with Gasteiger partial charge in [-0.25, -0.2) is 4.98 Å². The van der Waals surface area contributed by atoms with E-state index in [2.05, 4.69) is 31.6 Å². The fraction of sp³-hybridized carbons (Fsp3) is 0.263. The zero-order valence-electron chi connectivity index (χ0n) is 15.4. The molecule has 2 N–H and O–H groups in total. The van der Waals surface area contributed by atoms with Gasteiger partial charge < -0.3 is 10.1 Å². The minimum atomic E-state index is 0.497. The van der Waals surface area contributed by atoms with E-state index >= 15 is 0 Å². The molecule has 27 heavy (non-hydrogen) atoms. The van der Waals surface area contributed by atoms with Crippen LogP contribution in [0.15, 0.2) is 35.5 Å². The lowest BCUT2D eigenvalue weighted by molar-refractivity contribution is 0.342. The van der Waals surface area contributed by atoms with Crippen LogP contribution in [0.4, 0.5) is 11.6 Å². The second-order valence-electron chi connectivity index (χ2n) is 6.01. The van der Waals surface area contributed by atoms with E-state index in [9.17, 15) is 5.26 Å².